The van der Waals surface area contributed by atoms with Crippen molar-refractivity contribution in [2.75, 3.05) is 26.9 Å². The Bertz CT molecular complexity index is 474. The molecule has 0 aromatic heterocycles. The Morgan fingerprint density at radius 2 is 2.05 bits per heavy atom. The number of rotatable bonds is 5. The highest BCUT2D eigenvalue weighted by Crippen LogP contribution is 2.34. The van der Waals surface area contributed by atoms with Gasteiger partial charge in [-0.05, 0) is 36.6 Å². The minimum absolute atomic E-state index is 0.0842. The molecule has 2 rings (SSSR count). The van der Waals surface area contributed by atoms with E-state index in [4.69, 9.17) is 15.2 Å². The lowest BCUT2D eigenvalue weighted by Crippen LogP contribution is -2.30. The molecule has 1 amide bonds. The zero-order valence-electron chi connectivity index (χ0n) is 11.4. The third kappa shape index (κ3) is 3.17. The minimum Gasteiger partial charge on any atom is -0.454 e. The van der Waals surface area contributed by atoms with Crippen LogP contribution in [0.15, 0.2) is 12.1 Å². The minimum atomic E-state index is 0.0842. The quantitative estimate of drug-likeness (QED) is 0.864. The Morgan fingerprint density at radius 3 is 2.74 bits per heavy atom. The number of fused-ring (bicyclic) bond motifs is 1. The number of carbonyl (C=O) groups excluding carboxylic acids is 1. The summed E-state index contributed by atoms with van der Waals surface area (Å²) in [5.74, 6) is 1.67. The van der Waals surface area contributed by atoms with Gasteiger partial charge in [-0.15, -0.1) is 0 Å². The molecule has 19 heavy (non-hydrogen) atoms. The molecule has 0 unspecified atom stereocenters. The van der Waals surface area contributed by atoms with Crippen LogP contribution in [0, 0.1) is 6.92 Å². The fourth-order valence-electron chi connectivity index (χ4n) is 2.08. The second kappa shape index (κ2) is 5.93. The van der Waals surface area contributed by atoms with Gasteiger partial charge in [0, 0.05) is 26.6 Å². The zero-order chi connectivity index (χ0) is 13.8. The van der Waals surface area contributed by atoms with Gasteiger partial charge in [0.2, 0.25) is 12.7 Å². The molecule has 0 radical (unpaired) electrons. The Kier molecular flexibility index (Phi) is 4.27. The van der Waals surface area contributed by atoms with E-state index in [1.54, 1.807) is 11.9 Å². The Morgan fingerprint density at radius 1 is 1.37 bits per heavy atom. The Balaban J connectivity index is 1.98. The van der Waals surface area contributed by atoms with Gasteiger partial charge in [0.15, 0.2) is 11.5 Å². The van der Waals surface area contributed by atoms with Crippen LogP contribution in [0.1, 0.15) is 17.5 Å². The third-order valence-electron chi connectivity index (χ3n) is 3.33. The number of benzene rings is 1. The normalized spacial score (nSPS) is 12.6. The highest BCUT2D eigenvalue weighted by Gasteiger charge is 2.16. The number of nitrogens with two attached hydrogens (primary N) is 1. The monoisotopic (exact) mass is 264 g/mol. The molecule has 0 atom stereocenters. The summed E-state index contributed by atoms with van der Waals surface area (Å²) < 4.78 is 10.7. The molecule has 1 aliphatic rings. The molecular weight excluding hydrogens is 244 g/mol. The molecule has 5 heteroatoms. The number of hydrogen-bond donors (Lipinski definition) is 1. The van der Waals surface area contributed by atoms with Gasteiger partial charge in [0.1, 0.15) is 0 Å². The molecule has 1 heterocycles. The van der Waals surface area contributed by atoms with Crippen LogP contribution in [0.25, 0.3) is 0 Å². The highest BCUT2D eigenvalue weighted by atomic mass is 16.7. The van der Waals surface area contributed by atoms with E-state index in [1.165, 1.54) is 5.56 Å². The maximum atomic E-state index is 11.6. The number of nitrogens with zero attached hydrogens (tertiary/aromatic N) is 1. The van der Waals surface area contributed by atoms with Gasteiger partial charge < -0.3 is 20.1 Å². The Hall–Kier alpha value is -1.75. The number of hydrogen-bond acceptors (Lipinski definition) is 4. The maximum Gasteiger partial charge on any atom is 0.231 e. The average Bonchev–Trinajstić information content (AvgIpc) is 2.82. The SMILES string of the molecule is Cc1cc2c(cc1CCN(C)C(=O)CCN)OCO2. The van der Waals surface area contributed by atoms with Crippen LogP contribution in [0.2, 0.25) is 0 Å². The van der Waals surface area contributed by atoms with Crippen LogP contribution in [-0.4, -0.2) is 37.7 Å². The van der Waals surface area contributed by atoms with Crippen molar-refractivity contribution >= 4 is 5.91 Å². The van der Waals surface area contributed by atoms with Gasteiger partial charge in [-0.1, -0.05) is 0 Å². The lowest BCUT2D eigenvalue weighted by Gasteiger charge is -2.17. The van der Waals surface area contributed by atoms with Crippen LogP contribution in [0.3, 0.4) is 0 Å². The van der Waals surface area contributed by atoms with Crippen molar-refractivity contribution in [2.24, 2.45) is 5.73 Å². The molecular formula is C14H20N2O3. The van der Waals surface area contributed by atoms with E-state index in [-0.39, 0.29) is 12.7 Å². The summed E-state index contributed by atoms with van der Waals surface area (Å²) in [4.78, 5) is 13.4. The summed E-state index contributed by atoms with van der Waals surface area (Å²) in [6.07, 6.45) is 1.20. The van der Waals surface area contributed by atoms with E-state index in [9.17, 15) is 4.79 Å². The van der Waals surface area contributed by atoms with Gasteiger partial charge in [0.25, 0.3) is 0 Å². The molecule has 0 bridgehead atoms. The molecule has 1 aliphatic heterocycles. The third-order valence-corrected chi connectivity index (χ3v) is 3.33. The van der Waals surface area contributed by atoms with Gasteiger partial charge in [-0.25, -0.2) is 0 Å². The second-order valence-electron chi connectivity index (χ2n) is 4.74. The lowest BCUT2D eigenvalue weighted by atomic mass is 10.0. The largest absolute Gasteiger partial charge is 0.454 e. The number of ether oxygens (including phenoxy) is 2. The Labute approximate surface area is 113 Å². The molecule has 2 N–H and O–H groups in total. The standard InChI is InChI=1S/C14H20N2O3/c1-10-7-12-13(19-9-18-12)8-11(10)4-6-16(2)14(17)3-5-15/h7-8H,3-6,9,15H2,1-2H3. The van der Waals surface area contributed by atoms with E-state index < -0.39 is 0 Å². The molecule has 0 fully saturated rings. The number of amides is 1. The zero-order valence-corrected chi connectivity index (χ0v) is 11.4. The summed E-state index contributed by atoms with van der Waals surface area (Å²) in [6.45, 7) is 3.40. The van der Waals surface area contributed by atoms with Crippen molar-refractivity contribution < 1.29 is 14.3 Å². The van der Waals surface area contributed by atoms with E-state index >= 15 is 0 Å². The molecule has 0 saturated carbocycles. The van der Waals surface area contributed by atoms with Crippen LogP contribution in [-0.2, 0) is 11.2 Å². The first-order valence-corrected chi connectivity index (χ1v) is 6.45. The first kappa shape index (κ1) is 13.7. The van der Waals surface area contributed by atoms with Gasteiger partial charge >= 0.3 is 0 Å². The van der Waals surface area contributed by atoms with Crippen LogP contribution < -0.4 is 15.2 Å². The van der Waals surface area contributed by atoms with Crippen molar-refractivity contribution in [3.63, 3.8) is 0 Å². The van der Waals surface area contributed by atoms with E-state index in [2.05, 4.69) is 0 Å². The van der Waals surface area contributed by atoms with E-state index in [0.717, 1.165) is 23.5 Å². The van der Waals surface area contributed by atoms with Crippen LogP contribution in [0.4, 0.5) is 0 Å². The fraction of sp³-hybridized carbons (Fsp3) is 0.500. The van der Waals surface area contributed by atoms with Crippen LogP contribution >= 0.6 is 0 Å². The predicted octanol–water partition coefficient (Wildman–Crippen LogP) is 1.07. The smallest absolute Gasteiger partial charge is 0.231 e. The molecule has 5 nitrogen and oxygen atoms in total. The first-order chi connectivity index (χ1) is 9.11. The van der Waals surface area contributed by atoms with Gasteiger partial charge in [-0.2, -0.15) is 0 Å². The molecule has 0 aliphatic carbocycles. The second-order valence-corrected chi connectivity index (χ2v) is 4.74. The molecule has 0 spiro atoms. The van der Waals surface area contributed by atoms with E-state index in [1.807, 2.05) is 19.1 Å². The van der Waals surface area contributed by atoms with Crippen molar-refractivity contribution in [1.82, 2.24) is 4.90 Å². The summed E-state index contributed by atoms with van der Waals surface area (Å²) >= 11 is 0. The van der Waals surface area contributed by atoms with Crippen molar-refractivity contribution in [1.29, 1.82) is 0 Å². The summed E-state index contributed by atoms with van der Waals surface area (Å²) in [6, 6.07) is 3.98. The topological polar surface area (TPSA) is 64.8 Å². The lowest BCUT2D eigenvalue weighted by molar-refractivity contribution is -0.129. The average molecular weight is 264 g/mol. The molecule has 1 aromatic rings. The van der Waals surface area contributed by atoms with Crippen molar-refractivity contribution in [3.8, 4) is 11.5 Å². The fourth-order valence-corrected chi connectivity index (χ4v) is 2.08. The predicted molar refractivity (Wildman–Crippen MR) is 72.3 cm³/mol. The van der Waals surface area contributed by atoms with Crippen molar-refractivity contribution in [3.05, 3.63) is 23.3 Å². The van der Waals surface area contributed by atoms with Crippen LogP contribution in [0.5, 0.6) is 11.5 Å². The van der Waals surface area contributed by atoms with Crippen molar-refractivity contribution in [2.45, 2.75) is 19.8 Å². The number of aryl methyl sites for hydroxylation is 1. The van der Waals surface area contributed by atoms with Gasteiger partial charge in [-0.3, -0.25) is 4.79 Å². The summed E-state index contributed by atoms with van der Waals surface area (Å²) in [5, 5.41) is 0. The summed E-state index contributed by atoms with van der Waals surface area (Å²) in [5.41, 5.74) is 7.72. The molecule has 1 aromatic carbocycles. The highest BCUT2D eigenvalue weighted by molar-refractivity contribution is 5.76. The number of likely N-dealkylation sites (N-methyl/N-ethyl adjacent to an activating group) is 1. The number of carbonyl (C=O) groups is 1. The maximum absolute atomic E-state index is 11.6. The van der Waals surface area contributed by atoms with Gasteiger partial charge in [0.05, 0.1) is 0 Å². The molecule has 0 saturated heterocycles. The first-order valence-electron chi connectivity index (χ1n) is 6.45. The summed E-state index contributed by atoms with van der Waals surface area (Å²) in [7, 11) is 1.81. The van der Waals surface area contributed by atoms with E-state index in [0.29, 0.717) is 19.5 Å². The molecule has 104 valence electrons.